The number of rotatable bonds is 2. The average Bonchev–Trinajstić information content (AvgIpc) is 2.82. The molecular weight excluding hydrogens is 296 g/mol. The first kappa shape index (κ1) is 13.3. The highest BCUT2D eigenvalue weighted by Crippen LogP contribution is 2.36. The fraction of sp³-hybridized carbons (Fsp3) is 0.0769. The van der Waals surface area contributed by atoms with Crippen LogP contribution in [0.1, 0.15) is 5.69 Å². The summed E-state index contributed by atoms with van der Waals surface area (Å²) in [7, 11) is 0. The number of nitro groups is 1. The summed E-state index contributed by atoms with van der Waals surface area (Å²) in [6.07, 6.45) is 0. The Kier molecular flexibility index (Phi) is 2.99. The molecule has 3 rings (SSSR count). The number of fused-ring (bicyclic) bond motifs is 1. The SMILES string of the molecule is Cc1nc(N)nc(-c2cc3cccc(Cl)c3o2)c1[N+](=O)[O-]. The van der Waals surface area contributed by atoms with Crippen LogP contribution in [-0.4, -0.2) is 14.9 Å². The van der Waals surface area contributed by atoms with Crippen molar-refractivity contribution in [1.82, 2.24) is 9.97 Å². The quantitative estimate of drug-likeness (QED) is 0.574. The highest BCUT2D eigenvalue weighted by molar-refractivity contribution is 6.34. The summed E-state index contributed by atoms with van der Waals surface area (Å²) >= 11 is 6.04. The van der Waals surface area contributed by atoms with Gasteiger partial charge in [0.15, 0.2) is 17.0 Å². The summed E-state index contributed by atoms with van der Waals surface area (Å²) in [6, 6.07) is 6.86. The van der Waals surface area contributed by atoms with Crippen molar-refractivity contribution in [3.8, 4) is 11.5 Å². The van der Waals surface area contributed by atoms with Gasteiger partial charge in [-0.25, -0.2) is 9.97 Å². The van der Waals surface area contributed by atoms with E-state index in [4.69, 9.17) is 21.8 Å². The maximum Gasteiger partial charge on any atom is 0.319 e. The smallest absolute Gasteiger partial charge is 0.319 e. The van der Waals surface area contributed by atoms with Gasteiger partial charge in [0.2, 0.25) is 5.95 Å². The number of aryl methyl sites for hydroxylation is 1. The Morgan fingerprint density at radius 2 is 2.14 bits per heavy atom. The van der Waals surface area contributed by atoms with Crippen LogP contribution in [-0.2, 0) is 0 Å². The van der Waals surface area contributed by atoms with Crippen LogP contribution in [0.15, 0.2) is 28.7 Å². The fourth-order valence-electron chi connectivity index (χ4n) is 2.12. The molecule has 0 radical (unpaired) electrons. The predicted molar refractivity (Wildman–Crippen MR) is 78.1 cm³/mol. The molecular formula is C13H9ClN4O3. The lowest BCUT2D eigenvalue weighted by atomic mass is 10.2. The first-order valence-corrected chi connectivity index (χ1v) is 6.32. The molecule has 0 fully saturated rings. The molecule has 21 heavy (non-hydrogen) atoms. The molecule has 8 heteroatoms. The Labute approximate surface area is 123 Å². The largest absolute Gasteiger partial charge is 0.453 e. The van der Waals surface area contributed by atoms with Gasteiger partial charge < -0.3 is 10.2 Å². The molecule has 0 aliphatic rings. The summed E-state index contributed by atoms with van der Waals surface area (Å²) in [6.45, 7) is 1.50. The molecule has 0 spiro atoms. The number of nitrogens with zero attached hydrogens (tertiary/aromatic N) is 3. The number of benzene rings is 1. The fourth-order valence-corrected chi connectivity index (χ4v) is 2.34. The van der Waals surface area contributed by atoms with Gasteiger partial charge in [-0.3, -0.25) is 10.1 Å². The highest BCUT2D eigenvalue weighted by atomic mass is 35.5. The van der Waals surface area contributed by atoms with E-state index in [9.17, 15) is 10.1 Å². The molecule has 0 aliphatic carbocycles. The summed E-state index contributed by atoms with van der Waals surface area (Å²) in [5.74, 6) is 0.168. The Morgan fingerprint density at radius 1 is 1.38 bits per heavy atom. The third kappa shape index (κ3) is 2.17. The molecule has 1 aromatic carbocycles. The second-order valence-electron chi connectivity index (χ2n) is 4.39. The number of hydrogen-bond acceptors (Lipinski definition) is 6. The molecule has 0 aliphatic heterocycles. The first-order chi connectivity index (χ1) is 9.97. The minimum atomic E-state index is -0.557. The van der Waals surface area contributed by atoms with Crippen LogP contribution >= 0.6 is 11.6 Å². The molecule has 0 bridgehead atoms. The van der Waals surface area contributed by atoms with Gasteiger partial charge in [0.25, 0.3) is 0 Å². The van der Waals surface area contributed by atoms with Crippen LogP contribution in [0.2, 0.25) is 5.02 Å². The predicted octanol–water partition coefficient (Wildman–Crippen LogP) is 3.34. The zero-order valence-electron chi connectivity index (χ0n) is 10.8. The summed E-state index contributed by atoms with van der Waals surface area (Å²) in [4.78, 5) is 18.4. The van der Waals surface area contributed by atoms with Crippen molar-refractivity contribution < 1.29 is 9.34 Å². The number of nitrogens with two attached hydrogens (primary N) is 1. The Morgan fingerprint density at radius 3 is 2.81 bits per heavy atom. The second kappa shape index (κ2) is 4.71. The maximum absolute atomic E-state index is 11.2. The van der Waals surface area contributed by atoms with Crippen molar-refractivity contribution >= 4 is 34.2 Å². The van der Waals surface area contributed by atoms with Gasteiger partial charge in [0, 0.05) is 5.39 Å². The van der Waals surface area contributed by atoms with Crippen LogP contribution in [0.25, 0.3) is 22.4 Å². The molecule has 0 saturated heterocycles. The van der Waals surface area contributed by atoms with Crippen LogP contribution < -0.4 is 5.73 Å². The molecule has 0 atom stereocenters. The van der Waals surface area contributed by atoms with E-state index in [2.05, 4.69) is 9.97 Å². The Hall–Kier alpha value is -2.67. The number of nitrogen functional groups attached to an aromatic ring is 1. The number of hydrogen-bond donors (Lipinski definition) is 1. The van der Waals surface area contributed by atoms with Crippen LogP contribution in [0, 0.1) is 17.0 Å². The van der Waals surface area contributed by atoms with E-state index in [1.165, 1.54) is 6.92 Å². The van der Waals surface area contributed by atoms with Crippen molar-refractivity contribution in [2.75, 3.05) is 5.73 Å². The normalized spacial score (nSPS) is 11.0. The minimum absolute atomic E-state index is 0.0391. The molecule has 0 saturated carbocycles. The zero-order valence-corrected chi connectivity index (χ0v) is 11.6. The molecule has 0 amide bonds. The van der Waals surface area contributed by atoms with E-state index in [-0.39, 0.29) is 28.8 Å². The number of halogens is 1. The Bertz CT molecular complexity index is 875. The third-order valence-electron chi connectivity index (χ3n) is 2.99. The Balaban J connectivity index is 2.32. The number of aromatic nitrogens is 2. The van der Waals surface area contributed by atoms with Crippen molar-refractivity contribution in [3.63, 3.8) is 0 Å². The van der Waals surface area contributed by atoms with E-state index in [1.807, 2.05) is 0 Å². The van der Waals surface area contributed by atoms with E-state index in [1.54, 1.807) is 24.3 Å². The number of anilines is 1. The molecule has 2 aromatic heterocycles. The van der Waals surface area contributed by atoms with Gasteiger partial charge in [0.05, 0.1) is 9.95 Å². The molecule has 2 heterocycles. The number of furan rings is 1. The average molecular weight is 305 g/mol. The van der Waals surface area contributed by atoms with E-state index in [0.717, 1.165) is 5.39 Å². The molecule has 3 aromatic rings. The van der Waals surface area contributed by atoms with Gasteiger partial charge in [-0.2, -0.15) is 0 Å². The van der Waals surface area contributed by atoms with Crippen molar-refractivity contribution in [2.45, 2.75) is 6.92 Å². The molecule has 2 N–H and O–H groups in total. The van der Waals surface area contributed by atoms with E-state index < -0.39 is 4.92 Å². The summed E-state index contributed by atoms with van der Waals surface area (Å²) in [5.41, 5.74) is 6.00. The summed E-state index contributed by atoms with van der Waals surface area (Å²) in [5, 5.41) is 12.4. The molecule has 7 nitrogen and oxygen atoms in total. The van der Waals surface area contributed by atoms with Gasteiger partial charge in [-0.15, -0.1) is 0 Å². The highest BCUT2D eigenvalue weighted by Gasteiger charge is 2.25. The van der Waals surface area contributed by atoms with Gasteiger partial charge in [-0.1, -0.05) is 23.7 Å². The molecule has 0 unspecified atom stereocenters. The lowest BCUT2D eigenvalue weighted by Gasteiger charge is -2.02. The second-order valence-corrected chi connectivity index (χ2v) is 4.80. The standard InChI is InChI=1S/C13H9ClN4O3/c1-6-11(18(19)20)10(17-13(15)16-6)9-5-7-3-2-4-8(14)12(7)21-9/h2-5H,1H3,(H2,15,16,17). The monoisotopic (exact) mass is 304 g/mol. The van der Waals surface area contributed by atoms with Crippen LogP contribution in [0.3, 0.4) is 0 Å². The third-order valence-corrected chi connectivity index (χ3v) is 3.29. The van der Waals surface area contributed by atoms with E-state index >= 15 is 0 Å². The minimum Gasteiger partial charge on any atom is -0.453 e. The lowest BCUT2D eigenvalue weighted by molar-refractivity contribution is -0.385. The summed E-state index contributed by atoms with van der Waals surface area (Å²) < 4.78 is 5.60. The lowest BCUT2D eigenvalue weighted by Crippen LogP contribution is -2.04. The van der Waals surface area contributed by atoms with Gasteiger partial charge in [-0.05, 0) is 19.1 Å². The zero-order chi connectivity index (χ0) is 15.1. The topological polar surface area (TPSA) is 108 Å². The van der Waals surface area contributed by atoms with Gasteiger partial charge in [0.1, 0.15) is 5.69 Å². The maximum atomic E-state index is 11.2. The van der Waals surface area contributed by atoms with Crippen LogP contribution in [0.4, 0.5) is 11.6 Å². The first-order valence-electron chi connectivity index (χ1n) is 5.94. The van der Waals surface area contributed by atoms with Gasteiger partial charge >= 0.3 is 5.69 Å². The van der Waals surface area contributed by atoms with Crippen molar-refractivity contribution in [1.29, 1.82) is 0 Å². The van der Waals surface area contributed by atoms with Crippen molar-refractivity contribution in [2.24, 2.45) is 0 Å². The van der Waals surface area contributed by atoms with E-state index in [0.29, 0.717) is 10.6 Å². The molecule has 106 valence electrons. The van der Waals surface area contributed by atoms with Crippen LogP contribution in [0.5, 0.6) is 0 Å². The van der Waals surface area contributed by atoms with Crippen molar-refractivity contribution in [3.05, 3.63) is 45.1 Å². The number of para-hydroxylation sites is 1.